The van der Waals surface area contributed by atoms with Gasteiger partial charge in [-0.05, 0) is 54.3 Å². The molecule has 34 heavy (non-hydrogen) atoms. The molecule has 0 saturated carbocycles. The molecule has 2 aromatic heterocycles. The van der Waals surface area contributed by atoms with Gasteiger partial charge in [-0.3, -0.25) is 19.6 Å². The Morgan fingerprint density at radius 3 is 2.59 bits per heavy atom. The van der Waals surface area contributed by atoms with Crippen LogP contribution in [-0.4, -0.2) is 55.6 Å². The predicted molar refractivity (Wildman–Crippen MR) is 126 cm³/mol. The highest BCUT2D eigenvalue weighted by atomic mass is 35.5. The van der Waals surface area contributed by atoms with Gasteiger partial charge in [-0.1, -0.05) is 29.8 Å². The Bertz CT molecular complexity index is 1140. The molecule has 0 radical (unpaired) electrons. The minimum absolute atomic E-state index is 0.0439. The summed E-state index contributed by atoms with van der Waals surface area (Å²) in [5.74, 6) is -1.54. The molecule has 2 amide bonds. The summed E-state index contributed by atoms with van der Waals surface area (Å²) >= 11 is 6.08. The first kappa shape index (κ1) is 23.8. The Morgan fingerprint density at radius 2 is 1.88 bits per heavy atom. The average Bonchev–Trinajstić information content (AvgIpc) is 3.37. The first-order valence-electron chi connectivity index (χ1n) is 11.0. The smallest absolute Gasteiger partial charge is 0.255 e. The Morgan fingerprint density at radius 1 is 1.09 bits per heavy atom. The van der Waals surface area contributed by atoms with Gasteiger partial charge >= 0.3 is 0 Å². The summed E-state index contributed by atoms with van der Waals surface area (Å²) < 4.78 is 0. The number of pyridine rings is 2. The number of carbonyl (C=O) groups excluding carboxylic acids is 2. The van der Waals surface area contributed by atoms with Gasteiger partial charge in [0, 0.05) is 35.7 Å². The molecule has 0 spiro atoms. The molecule has 9 heteroatoms. The number of halogens is 1. The van der Waals surface area contributed by atoms with Gasteiger partial charge in [0.25, 0.3) is 11.8 Å². The number of nitrogens with one attached hydrogen (secondary N) is 1. The molecular weight excluding hydrogens is 456 g/mol. The number of hydrogen-bond acceptors (Lipinski definition) is 6. The van der Waals surface area contributed by atoms with E-state index in [1.54, 1.807) is 42.9 Å². The number of benzene rings is 1. The van der Waals surface area contributed by atoms with E-state index in [1.165, 1.54) is 4.90 Å². The van der Waals surface area contributed by atoms with Crippen LogP contribution in [0.5, 0.6) is 0 Å². The molecule has 1 fully saturated rings. The second-order valence-electron chi connectivity index (χ2n) is 8.13. The third kappa shape index (κ3) is 5.41. The maximum atomic E-state index is 12.9. The highest BCUT2D eigenvalue weighted by molar-refractivity contribution is 6.30. The van der Waals surface area contributed by atoms with E-state index < -0.39 is 24.0 Å². The third-order valence-electron chi connectivity index (χ3n) is 5.87. The van der Waals surface area contributed by atoms with Crippen molar-refractivity contribution in [3.05, 3.63) is 83.4 Å². The molecule has 1 aliphatic heterocycles. The van der Waals surface area contributed by atoms with E-state index >= 15 is 0 Å². The number of aliphatic hydroxyl groups is 2. The van der Waals surface area contributed by atoms with E-state index in [0.717, 1.165) is 23.1 Å². The third-order valence-corrected chi connectivity index (χ3v) is 6.11. The molecule has 8 nitrogen and oxygen atoms in total. The second kappa shape index (κ2) is 10.7. The summed E-state index contributed by atoms with van der Waals surface area (Å²) in [5.41, 5.74) is 3.29. The predicted octanol–water partition coefficient (Wildman–Crippen LogP) is 2.50. The van der Waals surface area contributed by atoms with Crippen LogP contribution in [0.1, 0.15) is 30.1 Å². The zero-order chi connectivity index (χ0) is 24.1. The van der Waals surface area contributed by atoms with Crippen molar-refractivity contribution in [3.63, 3.8) is 0 Å². The minimum Gasteiger partial charge on any atom is -0.380 e. The number of hydrogen-bond donors (Lipinski definition) is 3. The molecule has 3 heterocycles. The maximum Gasteiger partial charge on any atom is 0.255 e. The van der Waals surface area contributed by atoms with E-state index in [1.807, 2.05) is 24.3 Å². The van der Waals surface area contributed by atoms with Gasteiger partial charge in [-0.25, -0.2) is 0 Å². The zero-order valence-electron chi connectivity index (χ0n) is 18.3. The normalized spacial score (nSPS) is 17.3. The fourth-order valence-corrected chi connectivity index (χ4v) is 4.26. The fraction of sp³-hybridized carbons (Fsp3) is 0.280. The van der Waals surface area contributed by atoms with Crippen LogP contribution in [0.4, 0.5) is 0 Å². The van der Waals surface area contributed by atoms with E-state index in [9.17, 15) is 19.8 Å². The van der Waals surface area contributed by atoms with Crippen LogP contribution in [0.2, 0.25) is 5.02 Å². The topological polar surface area (TPSA) is 116 Å². The molecule has 1 unspecified atom stereocenters. The van der Waals surface area contributed by atoms with Crippen molar-refractivity contribution in [2.75, 3.05) is 6.54 Å². The number of amides is 2. The molecular formula is C25H25ClN4O4. The minimum atomic E-state index is -1.90. The van der Waals surface area contributed by atoms with Crippen molar-refractivity contribution < 1.29 is 19.8 Å². The van der Waals surface area contributed by atoms with Gasteiger partial charge in [0.1, 0.15) is 0 Å². The first-order chi connectivity index (χ1) is 16.4. The van der Waals surface area contributed by atoms with E-state index in [4.69, 9.17) is 11.6 Å². The quantitative estimate of drug-likeness (QED) is 0.478. The van der Waals surface area contributed by atoms with E-state index in [0.29, 0.717) is 23.7 Å². The fourth-order valence-electron chi connectivity index (χ4n) is 4.07. The van der Waals surface area contributed by atoms with Crippen LogP contribution >= 0.6 is 11.6 Å². The lowest BCUT2D eigenvalue weighted by Crippen LogP contribution is -2.50. The first-order valence-corrected chi connectivity index (χ1v) is 11.4. The lowest BCUT2D eigenvalue weighted by molar-refractivity contribution is -0.153. The summed E-state index contributed by atoms with van der Waals surface area (Å²) in [5, 5.41) is 23.9. The zero-order valence-corrected chi connectivity index (χ0v) is 19.1. The number of rotatable bonds is 7. The van der Waals surface area contributed by atoms with Crippen LogP contribution in [-0.2, 0) is 16.1 Å². The van der Waals surface area contributed by atoms with Gasteiger partial charge in [0.15, 0.2) is 12.2 Å². The summed E-state index contributed by atoms with van der Waals surface area (Å²) in [7, 11) is 0. The number of aliphatic hydroxyl groups excluding tert-OH is 2. The number of carbonyl (C=O) groups is 2. The van der Waals surface area contributed by atoms with Crippen LogP contribution in [0.3, 0.4) is 0 Å². The summed E-state index contributed by atoms with van der Waals surface area (Å²) in [6.45, 7) is 0.470. The highest BCUT2D eigenvalue weighted by Crippen LogP contribution is 2.33. The van der Waals surface area contributed by atoms with Crippen LogP contribution in [0, 0.1) is 0 Å². The molecule has 4 rings (SSSR count). The van der Waals surface area contributed by atoms with Crippen molar-refractivity contribution in [2.24, 2.45) is 0 Å². The number of nitrogens with zero attached hydrogens (tertiary/aromatic N) is 3. The molecule has 0 bridgehead atoms. The van der Waals surface area contributed by atoms with Gasteiger partial charge in [-0.2, -0.15) is 0 Å². The van der Waals surface area contributed by atoms with Crippen LogP contribution in [0.15, 0.2) is 67.1 Å². The monoisotopic (exact) mass is 480 g/mol. The molecule has 0 aliphatic carbocycles. The Labute approximate surface area is 202 Å². The summed E-state index contributed by atoms with van der Waals surface area (Å²) in [6, 6.07) is 14.3. The molecule has 3 N–H and O–H groups in total. The molecule has 1 saturated heterocycles. The van der Waals surface area contributed by atoms with Gasteiger partial charge < -0.3 is 20.4 Å². The van der Waals surface area contributed by atoms with E-state index in [-0.39, 0.29) is 12.6 Å². The SMILES string of the molecule is O=C(NCc1ccc(-c2ccncc2)cn1)[C@H](O)[C@@H](O)C(=O)N1CCCC1c1cccc(Cl)c1. The van der Waals surface area contributed by atoms with Gasteiger partial charge in [-0.15, -0.1) is 0 Å². The van der Waals surface area contributed by atoms with Crippen molar-refractivity contribution in [2.45, 2.75) is 37.6 Å². The largest absolute Gasteiger partial charge is 0.380 e. The Balaban J connectivity index is 1.34. The number of likely N-dealkylation sites (tertiary alicyclic amines) is 1. The van der Waals surface area contributed by atoms with Crippen molar-refractivity contribution in [3.8, 4) is 11.1 Å². The van der Waals surface area contributed by atoms with Crippen molar-refractivity contribution in [1.29, 1.82) is 0 Å². The molecule has 176 valence electrons. The second-order valence-corrected chi connectivity index (χ2v) is 8.56. The number of aromatic nitrogens is 2. The van der Waals surface area contributed by atoms with E-state index in [2.05, 4.69) is 15.3 Å². The Hall–Kier alpha value is -3.33. The molecule has 3 aromatic rings. The molecule has 1 aromatic carbocycles. The summed E-state index contributed by atoms with van der Waals surface area (Å²) in [6.07, 6.45) is 2.75. The van der Waals surface area contributed by atoms with Gasteiger partial charge in [0.2, 0.25) is 0 Å². The highest BCUT2D eigenvalue weighted by Gasteiger charge is 2.38. The van der Waals surface area contributed by atoms with Crippen molar-refractivity contribution >= 4 is 23.4 Å². The summed E-state index contributed by atoms with van der Waals surface area (Å²) in [4.78, 5) is 35.1. The lowest BCUT2D eigenvalue weighted by atomic mass is 10.0. The molecule has 1 aliphatic rings. The average molecular weight is 481 g/mol. The van der Waals surface area contributed by atoms with Crippen LogP contribution < -0.4 is 5.32 Å². The van der Waals surface area contributed by atoms with Crippen molar-refractivity contribution in [1.82, 2.24) is 20.2 Å². The standard InChI is InChI=1S/C25H25ClN4O4/c26-19-4-1-3-17(13-19)21-5-2-12-30(21)25(34)23(32)22(31)24(33)29-15-20-7-6-18(14-28-20)16-8-10-27-11-9-16/h1,3-4,6-11,13-14,21-23,31-32H,2,5,12,15H2,(H,29,33)/t21?,22-,23-/m1/s1. The lowest BCUT2D eigenvalue weighted by Gasteiger charge is -2.28. The molecule has 3 atom stereocenters. The van der Waals surface area contributed by atoms with Crippen LogP contribution in [0.25, 0.3) is 11.1 Å². The maximum absolute atomic E-state index is 12.9. The Kier molecular flexibility index (Phi) is 7.52. The van der Waals surface area contributed by atoms with Gasteiger partial charge in [0.05, 0.1) is 18.3 Å².